The van der Waals surface area contributed by atoms with Gasteiger partial charge >= 0.3 is 0 Å². The number of nitrogens with zero attached hydrogens (tertiary/aromatic N) is 2. The number of nitrogen functional groups attached to an aromatic ring is 1. The summed E-state index contributed by atoms with van der Waals surface area (Å²) in [4.78, 5) is 19.7. The van der Waals surface area contributed by atoms with Crippen LogP contribution in [0.25, 0.3) is 0 Å². The van der Waals surface area contributed by atoms with Crippen molar-refractivity contribution in [1.29, 1.82) is 0 Å². The lowest BCUT2D eigenvalue weighted by Crippen LogP contribution is -2.26. The van der Waals surface area contributed by atoms with E-state index in [9.17, 15) is 4.79 Å². The Balaban J connectivity index is 1.81. The van der Waals surface area contributed by atoms with E-state index >= 15 is 0 Å². The molecule has 2 aromatic heterocycles. The van der Waals surface area contributed by atoms with Gasteiger partial charge in [-0.2, -0.15) is 0 Å². The lowest BCUT2D eigenvalue weighted by molar-refractivity contribution is 0.0949. The predicted octanol–water partition coefficient (Wildman–Crippen LogP) is 1.09. The number of anilines is 1. The van der Waals surface area contributed by atoms with Gasteiger partial charge in [0.25, 0.3) is 5.91 Å². The number of aromatic nitrogens is 2. The molecule has 0 atom stereocenters. The fourth-order valence-corrected chi connectivity index (χ4v) is 1.93. The first-order chi connectivity index (χ1) is 8.25. The third-order valence-corrected chi connectivity index (χ3v) is 2.86. The summed E-state index contributed by atoms with van der Waals surface area (Å²) in [6, 6.07) is 5.23. The number of hydrogen-bond donors (Lipinski definition) is 2. The van der Waals surface area contributed by atoms with Gasteiger partial charge in [0.1, 0.15) is 5.69 Å². The minimum Gasteiger partial charge on any atom is -0.375 e. The average molecular weight is 248 g/mol. The first-order valence-corrected chi connectivity index (χ1v) is 6.03. The molecule has 0 aromatic carbocycles. The standard InChI is InChI=1S/C11H12N4OS/c12-11-15-8(7-17-11)4-6-14-10(16)9-3-1-2-5-13-9/h1-3,5,7H,4,6H2,(H2,12,15)(H,14,16). The highest BCUT2D eigenvalue weighted by molar-refractivity contribution is 7.13. The fourth-order valence-electron chi connectivity index (χ4n) is 1.33. The number of nitrogens with one attached hydrogen (secondary N) is 1. The Hall–Kier alpha value is -1.95. The lowest BCUT2D eigenvalue weighted by atomic mass is 10.3. The maximum absolute atomic E-state index is 11.6. The number of hydrogen-bond acceptors (Lipinski definition) is 5. The maximum Gasteiger partial charge on any atom is 0.269 e. The summed E-state index contributed by atoms with van der Waals surface area (Å²) in [5.41, 5.74) is 6.83. The summed E-state index contributed by atoms with van der Waals surface area (Å²) in [5.74, 6) is -0.172. The third kappa shape index (κ3) is 3.25. The SMILES string of the molecule is Nc1nc(CCNC(=O)c2ccccn2)cs1. The normalized spacial score (nSPS) is 10.1. The molecule has 0 radical (unpaired) electrons. The number of carbonyl (C=O) groups excluding carboxylic acids is 1. The molecule has 2 heterocycles. The molecule has 6 heteroatoms. The van der Waals surface area contributed by atoms with Crippen molar-refractivity contribution in [3.8, 4) is 0 Å². The topological polar surface area (TPSA) is 80.9 Å². The Labute approximate surface area is 103 Å². The second-order valence-corrected chi connectivity index (χ2v) is 4.29. The monoisotopic (exact) mass is 248 g/mol. The quantitative estimate of drug-likeness (QED) is 0.848. The number of thiazole rings is 1. The van der Waals surface area contributed by atoms with Gasteiger partial charge in [0.05, 0.1) is 5.69 Å². The van der Waals surface area contributed by atoms with Crippen molar-refractivity contribution < 1.29 is 4.79 Å². The minimum atomic E-state index is -0.172. The molecule has 0 saturated heterocycles. The van der Waals surface area contributed by atoms with Crippen molar-refractivity contribution in [2.24, 2.45) is 0 Å². The van der Waals surface area contributed by atoms with Gasteiger partial charge in [0, 0.05) is 24.5 Å². The maximum atomic E-state index is 11.6. The molecule has 0 saturated carbocycles. The molecule has 88 valence electrons. The van der Waals surface area contributed by atoms with Crippen molar-refractivity contribution in [3.63, 3.8) is 0 Å². The molecule has 0 fully saturated rings. The largest absolute Gasteiger partial charge is 0.375 e. The predicted molar refractivity (Wildman–Crippen MR) is 66.8 cm³/mol. The van der Waals surface area contributed by atoms with Gasteiger partial charge in [-0.3, -0.25) is 9.78 Å². The Morgan fingerprint density at radius 1 is 1.47 bits per heavy atom. The summed E-state index contributed by atoms with van der Waals surface area (Å²) in [7, 11) is 0. The number of pyridine rings is 1. The summed E-state index contributed by atoms with van der Waals surface area (Å²) in [6.07, 6.45) is 2.27. The highest BCUT2D eigenvalue weighted by atomic mass is 32.1. The van der Waals surface area contributed by atoms with E-state index < -0.39 is 0 Å². The summed E-state index contributed by atoms with van der Waals surface area (Å²) < 4.78 is 0. The molecule has 1 amide bonds. The second kappa shape index (κ2) is 5.40. The number of carbonyl (C=O) groups is 1. The average Bonchev–Trinajstić information content (AvgIpc) is 2.76. The smallest absolute Gasteiger partial charge is 0.269 e. The van der Waals surface area contributed by atoms with Gasteiger partial charge in [0.2, 0.25) is 0 Å². The number of rotatable bonds is 4. The van der Waals surface area contributed by atoms with Gasteiger partial charge < -0.3 is 11.1 Å². The molecule has 0 unspecified atom stereocenters. The zero-order chi connectivity index (χ0) is 12.1. The number of nitrogens with two attached hydrogens (primary N) is 1. The Morgan fingerprint density at radius 3 is 3.00 bits per heavy atom. The van der Waals surface area contributed by atoms with E-state index in [1.165, 1.54) is 11.3 Å². The summed E-state index contributed by atoms with van der Waals surface area (Å²) in [5, 5.41) is 5.22. The van der Waals surface area contributed by atoms with Crippen LogP contribution < -0.4 is 11.1 Å². The van der Waals surface area contributed by atoms with Crippen LogP contribution in [-0.4, -0.2) is 22.4 Å². The fraction of sp³-hybridized carbons (Fsp3) is 0.182. The van der Waals surface area contributed by atoms with E-state index in [2.05, 4.69) is 15.3 Å². The van der Waals surface area contributed by atoms with Crippen LogP contribution in [-0.2, 0) is 6.42 Å². The van der Waals surface area contributed by atoms with E-state index in [4.69, 9.17) is 5.73 Å². The van der Waals surface area contributed by atoms with Crippen molar-refractivity contribution in [1.82, 2.24) is 15.3 Å². The second-order valence-electron chi connectivity index (χ2n) is 3.40. The van der Waals surface area contributed by atoms with Gasteiger partial charge in [-0.1, -0.05) is 6.07 Å². The molecule has 5 nitrogen and oxygen atoms in total. The highest BCUT2D eigenvalue weighted by Gasteiger charge is 2.05. The van der Waals surface area contributed by atoms with Crippen molar-refractivity contribution in [2.75, 3.05) is 12.3 Å². The molecule has 0 aliphatic rings. The molecule has 3 N–H and O–H groups in total. The van der Waals surface area contributed by atoms with E-state index in [0.717, 1.165) is 5.69 Å². The highest BCUT2D eigenvalue weighted by Crippen LogP contribution is 2.10. The first-order valence-electron chi connectivity index (χ1n) is 5.15. The van der Waals surface area contributed by atoms with Crippen LogP contribution in [0.1, 0.15) is 16.2 Å². The van der Waals surface area contributed by atoms with Crippen LogP contribution in [0.2, 0.25) is 0 Å². The summed E-state index contributed by atoms with van der Waals surface area (Å²) in [6.45, 7) is 0.526. The Morgan fingerprint density at radius 2 is 2.35 bits per heavy atom. The molecular weight excluding hydrogens is 236 g/mol. The van der Waals surface area contributed by atoms with Gasteiger partial charge in [0.15, 0.2) is 5.13 Å². The van der Waals surface area contributed by atoms with E-state index in [0.29, 0.717) is 23.8 Å². The van der Waals surface area contributed by atoms with Crippen LogP contribution in [0.4, 0.5) is 5.13 Å². The van der Waals surface area contributed by atoms with Crippen LogP contribution in [0.5, 0.6) is 0 Å². The molecule has 0 aliphatic carbocycles. The van der Waals surface area contributed by atoms with Crippen LogP contribution >= 0.6 is 11.3 Å². The van der Waals surface area contributed by atoms with E-state index in [1.54, 1.807) is 24.4 Å². The van der Waals surface area contributed by atoms with Gasteiger partial charge in [-0.25, -0.2) is 4.98 Å². The Kier molecular flexibility index (Phi) is 3.66. The van der Waals surface area contributed by atoms with Crippen LogP contribution in [0, 0.1) is 0 Å². The van der Waals surface area contributed by atoms with Crippen molar-refractivity contribution >= 4 is 22.4 Å². The van der Waals surface area contributed by atoms with Gasteiger partial charge in [-0.15, -0.1) is 11.3 Å². The number of amides is 1. The lowest BCUT2D eigenvalue weighted by Gasteiger charge is -2.02. The zero-order valence-electron chi connectivity index (χ0n) is 9.09. The van der Waals surface area contributed by atoms with E-state index in [-0.39, 0.29) is 5.91 Å². The van der Waals surface area contributed by atoms with Crippen LogP contribution in [0.15, 0.2) is 29.8 Å². The molecule has 0 bridgehead atoms. The minimum absolute atomic E-state index is 0.172. The zero-order valence-corrected chi connectivity index (χ0v) is 9.91. The first kappa shape index (κ1) is 11.5. The van der Waals surface area contributed by atoms with Crippen molar-refractivity contribution in [2.45, 2.75) is 6.42 Å². The molecule has 2 rings (SSSR count). The van der Waals surface area contributed by atoms with Crippen LogP contribution in [0.3, 0.4) is 0 Å². The van der Waals surface area contributed by atoms with E-state index in [1.807, 2.05) is 5.38 Å². The molecular formula is C11H12N4OS. The molecule has 2 aromatic rings. The molecule has 0 spiro atoms. The molecule has 17 heavy (non-hydrogen) atoms. The molecule has 0 aliphatic heterocycles. The van der Waals surface area contributed by atoms with Gasteiger partial charge in [-0.05, 0) is 12.1 Å². The Bertz CT molecular complexity index is 497. The summed E-state index contributed by atoms with van der Waals surface area (Å²) >= 11 is 1.40. The third-order valence-electron chi connectivity index (χ3n) is 2.13. The van der Waals surface area contributed by atoms with Crippen molar-refractivity contribution in [3.05, 3.63) is 41.2 Å².